The largest absolute Gasteiger partial charge is 0.312 e. The zero-order valence-corrected chi connectivity index (χ0v) is 14.3. The second kappa shape index (κ2) is 5.96. The Balaban J connectivity index is 1.88. The average Bonchev–Trinajstić information content (AvgIpc) is 2.25. The van der Waals surface area contributed by atoms with E-state index in [2.05, 4.69) is 26.1 Å². The molecule has 0 saturated heterocycles. The van der Waals surface area contributed by atoms with Gasteiger partial charge in [0.25, 0.3) is 0 Å². The molecule has 0 heterocycles. The Hall–Kier alpha value is -0.0900. The van der Waals surface area contributed by atoms with Gasteiger partial charge in [0.15, 0.2) is 0 Å². The third kappa shape index (κ3) is 4.20. The number of rotatable bonds is 4. The van der Waals surface area contributed by atoms with Crippen molar-refractivity contribution in [2.75, 3.05) is 12.8 Å². The maximum Gasteiger partial charge on any atom is 0.150 e. The standard InChI is InChI=1S/C16H31NO2S/c1-16(2,3)17-11-13-8-9-15(13)12-6-5-7-14(10-12)20(4,18)19/h12-15,17H,5-11H2,1-4H3. The van der Waals surface area contributed by atoms with Gasteiger partial charge in [-0.05, 0) is 70.8 Å². The first-order valence-electron chi connectivity index (χ1n) is 8.11. The summed E-state index contributed by atoms with van der Waals surface area (Å²) in [4.78, 5) is 0. The number of nitrogens with one attached hydrogen (secondary N) is 1. The molecule has 4 unspecified atom stereocenters. The molecule has 0 radical (unpaired) electrons. The highest BCUT2D eigenvalue weighted by Crippen LogP contribution is 2.46. The molecule has 0 aromatic heterocycles. The number of hydrogen-bond donors (Lipinski definition) is 1. The summed E-state index contributed by atoms with van der Waals surface area (Å²) < 4.78 is 23.6. The van der Waals surface area contributed by atoms with Crippen LogP contribution >= 0.6 is 0 Å². The lowest BCUT2D eigenvalue weighted by Crippen LogP contribution is -2.46. The Morgan fingerprint density at radius 2 is 1.80 bits per heavy atom. The zero-order chi connectivity index (χ0) is 15.0. The minimum Gasteiger partial charge on any atom is -0.312 e. The predicted molar refractivity (Wildman–Crippen MR) is 84.6 cm³/mol. The summed E-state index contributed by atoms with van der Waals surface area (Å²) in [5.74, 6) is 2.16. The van der Waals surface area contributed by atoms with Crippen LogP contribution in [-0.2, 0) is 9.84 Å². The van der Waals surface area contributed by atoms with Crippen molar-refractivity contribution in [1.29, 1.82) is 0 Å². The van der Waals surface area contributed by atoms with E-state index in [0.29, 0.717) is 5.92 Å². The summed E-state index contributed by atoms with van der Waals surface area (Å²) in [6.07, 6.45) is 8.16. The molecule has 0 bridgehead atoms. The minimum absolute atomic E-state index is 0.0712. The van der Waals surface area contributed by atoms with Crippen molar-refractivity contribution >= 4 is 9.84 Å². The molecular formula is C16H31NO2S. The van der Waals surface area contributed by atoms with E-state index in [1.165, 1.54) is 25.5 Å². The summed E-state index contributed by atoms with van der Waals surface area (Å²) in [6, 6.07) is 0. The number of sulfone groups is 1. The lowest BCUT2D eigenvalue weighted by atomic mass is 9.63. The Kier molecular flexibility index (Phi) is 4.85. The topological polar surface area (TPSA) is 46.2 Å². The first-order chi connectivity index (χ1) is 9.17. The molecule has 4 heteroatoms. The third-order valence-corrected chi connectivity index (χ3v) is 6.89. The van der Waals surface area contributed by atoms with Crippen LogP contribution in [0, 0.1) is 17.8 Å². The Morgan fingerprint density at radius 3 is 2.30 bits per heavy atom. The van der Waals surface area contributed by atoms with E-state index in [1.807, 2.05) is 0 Å². The Bertz CT molecular complexity index is 424. The van der Waals surface area contributed by atoms with Crippen LogP contribution in [0.3, 0.4) is 0 Å². The fourth-order valence-corrected chi connectivity index (χ4v) is 5.06. The van der Waals surface area contributed by atoms with E-state index in [9.17, 15) is 8.42 Å². The van der Waals surface area contributed by atoms with Gasteiger partial charge < -0.3 is 5.32 Å². The van der Waals surface area contributed by atoms with Gasteiger partial charge in [-0.3, -0.25) is 0 Å². The summed E-state index contributed by atoms with van der Waals surface area (Å²) in [6.45, 7) is 7.72. The van der Waals surface area contributed by atoms with Crippen LogP contribution < -0.4 is 5.32 Å². The highest BCUT2D eigenvalue weighted by atomic mass is 32.2. The normalized spacial score (nSPS) is 35.6. The molecule has 0 spiro atoms. The smallest absolute Gasteiger partial charge is 0.150 e. The van der Waals surface area contributed by atoms with Gasteiger partial charge >= 0.3 is 0 Å². The van der Waals surface area contributed by atoms with Gasteiger partial charge in [-0.1, -0.05) is 12.8 Å². The quantitative estimate of drug-likeness (QED) is 0.868. The van der Waals surface area contributed by atoms with Crippen molar-refractivity contribution in [3.05, 3.63) is 0 Å². The van der Waals surface area contributed by atoms with Gasteiger partial charge in [-0.2, -0.15) is 0 Å². The van der Waals surface area contributed by atoms with E-state index >= 15 is 0 Å². The minimum atomic E-state index is -2.85. The van der Waals surface area contributed by atoms with Crippen molar-refractivity contribution in [1.82, 2.24) is 5.32 Å². The third-order valence-electron chi connectivity index (χ3n) is 5.25. The van der Waals surface area contributed by atoms with Crippen molar-refractivity contribution < 1.29 is 8.42 Å². The first-order valence-corrected chi connectivity index (χ1v) is 10.1. The molecule has 4 atom stereocenters. The molecule has 118 valence electrons. The molecular weight excluding hydrogens is 270 g/mol. The van der Waals surface area contributed by atoms with Crippen LogP contribution in [0.25, 0.3) is 0 Å². The van der Waals surface area contributed by atoms with Crippen LogP contribution in [0.5, 0.6) is 0 Å². The molecule has 2 rings (SSSR count). The first kappa shape index (κ1) is 16.3. The van der Waals surface area contributed by atoms with Gasteiger partial charge in [0.05, 0.1) is 5.25 Å². The number of hydrogen-bond acceptors (Lipinski definition) is 3. The zero-order valence-electron chi connectivity index (χ0n) is 13.5. The van der Waals surface area contributed by atoms with Crippen molar-refractivity contribution in [2.24, 2.45) is 17.8 Å². The molecule has 2 aliphatic rings. The van der Waals surface area contributed by atoms with Crippen LogP contribution in [0.1, 0.15) is 59.3 Å². The fourth-order valence-electron chi connectivity index (χ4n) is 3.86. The monoisotopic (exact) mass is 301 g/mol. The molecule has 0 amide bonds. The fraction of sp³-hybridized carbons (Fsp3) is 1.00. The molecule has 1 N–H and O–H groups in total. The summed E-state index contributed by atoms with van der Waals surface area (Å²) in [7, 11) is -2.85. The lowest BCUT2D eigenvalue weighted by Gasteiger charge is -2.45. The Morgan fingerprint density at radius 1 is 1.10 bits per heavy atom. The van der Waals surface area contributed by atoms with E-state index in [4.69, 9.17) is 0 Å². The van der Waals surface area contributed by atoms with E-state index in [-0.39, 0.29) is 10.8 Å². The van der Waals surface area contributed by atoms with Crippen LogP contribution in [0.15, 0.2) is 0 Å². The molecule has 0 aliphatic heterocycles. The highest BCUT2D eigenvalue weighted by molar-refractivity contribution is 7.91. The van der Waals surface area contributed by atoms with Crippen LogP contribution in [0.4, 0.5) is 0 Å². The molecule has 0 aromatic rings. The van der Waals surface area contributed by atoms with Crippen LogP contribution in [-0.4, -0.2) is 32.0 Å². The maximum absolute atomic E-state index is 11.8. The van der Waals surface area contributed by atoms with Gasteiger partial charge in [0.2, 0.25) is 0 Å². The highest BCUT2D eigenvalue weighted by Gasteiger charge is 2.40. The second-order valence-corrected chi connectivity index (χ2v) is 10.3. The molecule has 0 aromatic carbocycles. The summed E-state index contributed by atoms with van der Waals surface area (Å²) in [5.41, 5.74) is 0.183. The van der Waals surface area contributed by atoms with E-state index in [0.717, 1.165) is 37.6 Å². The SMILES string of the molecule is CC(C)(C)NCC1CCC1C1CCCC(S(C)(=O)=O)C1. The molecule has 2 fully saturated rings. The average molecular weight is 301 g/mol. The molecule has 3 nitrogen and oxygen atoms in total. The summed E-state index contributed by atoms with van der Waals surface area (Å²) >= 11 is 0. The predicted octanol–water partition coefficient (Wildman–Crippen LogP) is 3.00. The summed E-state index contributed by atoms with van der Waals surface area (Å²) in [5, 5.41) is 3.54. The van der Waals surface area contributed by atoms with Gasteiger partial charge in [-0.25, -0.2) is 8.42 Å². The molecule has 2 aliphatic carbocycles. The van der Waals surface area contributed by atoms with Gasteiger partial charge in [0, 0.05) is 11.8 Å². The van der Waals surface area contributed by atoms with Gasteiger partial charge in [0.1, 0.15) is 9.84 Å². The van der Waals surface area contributed by atoms with Crippen molar-refractivity contribution in [3.8, 4) is 0 Å². The van der Waals surface area contributed by atoms with Crippen LogP contribution in [0.2, 0.25) is 0 Å². The Labute approximate surface area is 124 Å². The molecule has 20 heavy (non-hydrogen) atoms. The van der Waals surface area contributed by atoms with E-state index in [1.54, 1.807) is 0 Å². The van der Waals surface area contributed by atoms with Gasteiger partial charge in [-0.15, -0.1) is 0 Å². The lowest BCUT2D eigenvalue weighted by molar-refractivity contribution is 0.0747. The molecule has 2 saturated carbocycles. The van der Waals surface area contributed by atoms with Crippen molar-refractivity contribution in [3.63, 3.8) is 0 Å². The van der Waals surface area contributed by atoms with E-state index < -0.39 is 9.84 Å². The second-order valence-electron chi connectivity index (χ2n) is 8.01. The van der Waals surface area contributed by atoms with Crippen molar-refractivity contribution in [2.45, 2.75) is 70.1 Å². The maximum atomic E-state index is 11.8.